The fourth-order valence-corrected chi connectivity index (χ4v) is 6.57. The standard InChI is InChI=1S/C40H75NO5S/c1-3-5-7-9-11-13-15-17-19-21-23-25-27-29-31-33-35-39(42)38(37-47(44,45)46)41-40(43)36-34-32-30-28-26-24-22-20-18-16-14-12-10-8-6-4-2/h14,16,20,22,33,35,38-39,42H,3-13,15,17-19,21,23-32,34,36-37H2,1-2H3,(H,41,43)(H,44,45,46)/b16-14-,22-20-,35-33+. The zero-order valence-corrected chi connectivity index (χ0v) is 31.5. The summed E-state index contributed by atoms with van der Waals surface area (Å²) in [6.45, 7) is 4.50. The zero-order valence-electron chi connectivity index (χ0n) is 30.7. The molecule has 47 heavy (non-hydrogen) atoms. The van der Waals surface area contributed by atoms with Crippen molar-refractivity contribution in [3.63, 3.8) is 0 Å². The monoisotopic (exact) mass is 682 g/mol. The average molecular weight is 682 g/mol. The van der Waals surface area contributed by atoms with Crippen molar-refractivity contribution >= 4 is 16.0 Å². The molecule has 0 saturated carbocycles. The third kappa shape index (κ3) is 35.7. The highest BCUT2D eigenvalue weighted by molar-refractivity contribution is 7.85. The van der Waals surface area contributed by atoms with Crippen LogP contribution in [0.2, 0.25) is 0 Å². The molecular formula is C40H75NO5S. The Kier molecular flexibility index (Phi) is 33.4. The highest BCUT2D eigenvalue weighted by Crippen LogP contribution is 2.14. The number of unbranched alkanes of at least 4 members (excludes halogenated alkanes) is 23. The molecule has 1 amide bonds. The summed E-state index contributed by atoms with van der Waals surface area (Å²) in [4.78, 5) is 12.5. The molecule has 0 fully saturated rings. The van der Waals surface area contributed by atoms with Crippen molar-refractivity contribution in [1.29, 1.82) is 0 Å². The van der Waals surface area contributed by atoms with E-state index in [4.69, 9.17) is 0 Å². The van der Waals surface area contributed by atoms with E-state index in [-0.39, 0.29) is 12.3 Å². The Hall–Kier alpha value is -1.44. The molecule has 0 aliphatic rings. The molecule has 6 nitrogen and oxygen atoms in total. The predicted octanol–water partition coefficient (Wildman–Crippen LogP) is 11.4. The van der Waals surface area contributed by atoms with Crippen LogP contribution < -0.4 is 5.32 Å². The average Bonchev–Trinajstić information content (AvgIpc) is 3.03. The summed E-state index contributed by atoms with van der Waals surface area (Å²) in [5.41, 5.74) is 0. The highest BCUT2D eigenvalue weighted by atomic mass is 32.2. The molecule has 0 radical (unpaired) electrons. The van der Waals surface area contributed by atoms with Crippen LogP contribution in [0, 0.1) is 0 Å². The first-order valence-electron chi connectivity index (χ1n) is 19.7. The molecular weight excluding hydrogens is 607 g/mol. The lowest BCUT2D eigenvalue weighted by molar-refractivity contribution is -0.122. The van der Waals surface area contributed by atoms with Gasteiger partial charge in [0.15, 0.2) is 0 Å². The molecule has 0 spiro atoms. The second-order valence-electron chi connectivity index (χ2n) is 13.6. The number of hydrogen-bond acceptors (Lipinski definition) is 4. The van der Waals surface area contributed by atoms with Crippen LogP contribution >= 0.6 is 0 Å². The summed E-state index contributed by atoms with van der Waals surface area (Å²) in [5, 5.41) is 13.2. The van der Waals surface area contributed by atoms with Gasteiger partial charge >= 0.3 is 0 Å². The normalized spacial score (nSPS) is 13.7. The molecule has 0 aliphatic carbocycles. The third-order valence-corrected chi connectivity index (χ3v) is 9.59. The Morgan fingerprint density at radius 1 is 0.574 bits per heavy atom. The SMILES string of the molecule is CCCCCC/C=C\C/C=C\CCCCCCCC(=O)NC(CS(=O)(=O)O)C(O)/C=C/CCCCCCCCCCCCCCCC. The number of amides is 1. The van der Waals surface area contributed by atoms with Gasteiger partial charge in [0.1, 0.15) is 0 Å². The van der Waals surface area contributed by atoms with Crippen molar-refractivity contribution in [3.8, 4) is 0 Å². The van der Waals surface area contributed by atoms with E-state index in [1.165, 1.54) is 109 Å². The van der Waals surface area contributed by atoms with Crippen molar-refractivity contribution in [3.05, 3.63) is 36.5 Å². The van der Waals surface area contributed by atoms with E-state index in [1.54, 1.807) is 6.08 Å². The van der Waals surface area contributed by atoms with Crippen molar-refractivity contribution in [2.75, 3.05) is 5.75 Å². The second kappa shape index (κ2) is 34.4. The Balaban J connectivity index is 3.98. The van der Waals surface area contributed by atoms with Gasteiger partial charge in [0, 0.05) is 6.42 Å². The lowest BCUT2D eigenvalue weighted by atomic mass is 10.0. The lowest BCUT2D eigenvalue weighted by Gasteiger charge is -2.21. The fourth-order valence-electron chi connectivity index (χ4n) is 5.83. The van der Waals surface area contributed by atoms with Gasteiger partial charge in [-0.2, -0.15) is 8.42 Å². The van der Waals surface area contributed by atoms with E-state index in [9.17, 15) is 22.9 Å². The number of nitrogens with one attached hydrogen (secondary N) is 1. The van der Waals surface area contributed by atoms with E-state index in [2.05, 4.69) is 43.5 Å². The van der Waals surface area contributed by atoms with Gasteiger partial charge in [0.05, 0.1) is 17.9 Å². The van der Waals surface area contributed by atoms with Gasteiger partial charge in [0.25, 0.3) is 10.1 Å². The van der Waals surface area contributed by atoms with Gasteiger partial charge in [-0.05, 0) is 51.4 Å². The molecule has 0 saturated heterocycles. The predicted molar refractivity (Wildman–Crippen MR) is 202 cm³/mol. The molecule has 3 N–H and O–H groups in total. The number of aliphatic hydroxyl groups excluding tert-OH is 1. The van der Waals surface area contributed by atoms with Crippen LogP contribution in [0.1, 0.15) is 194 Å². The van der Waals surface area contributed by atoms with E-state index < -0.39 is 28.0 Å². The van der Waals surface area contributed by atoms with Gasteiger partial charge in [-0.1, -0.05) is 172 Å². The molecule has 7 heteroatoms. The van der Waals surface area contributed by atoms with E-state index in [0.717, 1.165) is 57.8 Å². The van der Waals surface area contributed by atoms with E-state index in [0.29, 0.717) is 6.42 Å². The number of rotatable bonds is 35. The molecule has 2 unspecified atom stereocenters. The summed E-state index contributed by atoms with van der Waals surface area (Å²) < 4.78 is 32.4. The van der Waals surface area contributed by atoms with E-state index >= 15 is 0 Å². The Labute approximate surface area is 291 Å². The van der Waals surface area contributed by atoms with Crippen molar-refractivity contribution in [1.82, 2.24) is 5.32 Å². The van der Waals surface area contributed by atoms with Crippen LogP contribution in [0.15, 0.2) is 36.5 Å². The van der Waals surface area contributed by atoms with Gasteiger partial charge in [-0.3, -0.25) is 9.35 Å². The molecule has 0 aromatic carbocycles. The van der Waals surface area contributed by atoms with Gasteiger partial charge in [-0.25, -0.2) is 0 Å². The number of hydrogen-bond donors (Lipinski definition) is 3. The van der Waals surface area contributed by atoms with Gasteiger partial charge in [-0.15, -0.1) is 0 Å². The first kappa shape index (κ1) is 45.6. The molecule has 2 atom stereocenters. The summed E-state index contributed by atoms with van der Waals surface area (Å²) in [6.07, 6.45) is 44.1. The minimum absolute atomic E-state index is 0.280. The third-order valence-electron chi connectivity index (χ3n) is 8.81. The van der Waals surface area contributed by atoms with Crippen molar-refractivity contribution in [2.45, 2.75) is 206 Å². The number of aliphatic hydroxyl groups is 1. The topological polar surface area (TPSA) is 104 Å². The minimum Gasteiger partial charge on any atom is -0.387 e. The lowest BCUT2D eigenvalue weighted by Crippen LogP contribution is -2.46. The minimum atomic E-state index is -4.34. The van der Waals surface area contributed by atoms with Crippen LogP contribution in [0.5, 0.6) is 0 Å². The van der Waals surface area contributed by atoms with Crippen LogP contribution in [-0.2, 0) is 14.9 Å². The van der Waals surface area contributed by atoms with Crippen LogP contribution in [0.3, 0.4) is 0 Å². The molecule has 0 aliphatic heterocycles. The summed E-state index contributed by atoms with van der Waals surface area (Å²) in [7, 11) is -4.34. The Morgan fingerprint density at radius 3 is 1.40 bits per heavy atom. The summed E-state index contributed by atoms with van der Waals surface area (Å²) in [5.74, 6) is -0.995. The quantitative estimate of drug-likeness (QED) is 0.0351. The van der Waals surface area contributed by atoms with Crippen LogP contribution in [-0.4, -0.2) is 41.9 Å². The molecule has 0 rings (SSSR count). The maximum atomic E-state index is 12.5. The van der Waals surface area contributed by atoms with Gasteiger partial charge in [0.2, 0.25) is 5.91 Å². The largest absolute Gasteiger partial charge is 0.387 e. The van der Waals surface area contributed by atoms with Crippen molar-refractivity contribution in [2.24, 2.45) is 0 Å². The van der Waals surface area contributed by atoms with Crippen LogP contribution in [0.25, 0.3) is 0 Å². The number of allylic oxidation sites excluding steroid dienone is 5. The maximum Gasteiger partial charge on any atom is 0.267 e. The molecule has 0 aromatic rings. The maximum absolute atomic E-state index is 12.5. The first-order chi connectivity index (χ1) is 22.8. The Morgan fingerprint density at radius 2 is 0.957 bits per heavy atom. The van der Waals surface area contributed by atoms with E-state index in [1.807, 2.05) is 6.08 Å². The number of carbonyl (C=O) groups excluding carboxylic acids is 1. The molecule has 276 valence electrons. The number of carbonyl (C=O) groups is 1. The zero-order chi connectivity index (χ0) is 34.7. The Bertz CT molecular complexity index is 883. The van der Waals surface area contributed by atoms with Crippen LogP contribution in [0.4, 0.5) is 0 Å². The first-order valence-corrected chi connectivity index (χ1v) is 21.3. The highest BCUT2D eigenvalue weighted by Gasteiger charge is 2.24. The molecule has 0 heterocycles. The fraction of sp³-hybridized carbons (Fsp3) is 0.825. The smallest absolute Gasteiger partial charge is 0.267 e. The summed E-state index contributed by atoms with van der Waals surface area (Å²) >= 11 is 0. The summed E-state index contributed by atoms with van der Waals surface area (Å²) in [6, 6.07) is -1.06. The molecule has 0 aromatic heterocycles. The molecule has 0 bridgehead atoms. The van der Waals surface area contributed by atoms with Gasteiger partial charge < -0.3 is 10.4 Å². The second-order valence-corrected chi connectivity index (χ2v) is 15.1. The van der Waals surface area contributed by atoms with Crippen molar-refractivity contribution < 1.29 is 22.9 Å².